The molecule has 1 aliphatic carbocycles. The van der Waals surface area contributed by atoms with Gasteiger partial charge in [-0.25, -0.2) is 4.98 Å². The maximum Gasteiger partial charge on any atom is 0.306 e. The zero-order valence-electron chi connectivity index (χ0n) is 12.9. The van der Waals surface area contributed by atoms with Crippen molar-refractivity contribution in [3.8, 4) is 11.3 Å². The summed E-state index contributed by atoms with van der Waals surface area (Å²) >= 11 is 5.85. The number of carboxylic acids is 1. The van der Waals surface area contributed by atoms with Gasteiger partial charge in [0, 0.05) is 29.5 Å². The van der Waals surface area contributed by atoms with Gasteiger partial charge in [0.25, 0.3) is 0 Å². The zero-order valence-corrected chi connectivity index (χ0v) is 13.6. The van der Waals surface area contributed by atoms with E-state index in [1.807, 2.05) is 12.1 Å². The first-order chi connectivity index (χ1) is 11.5. The SMILES string of the molecule is O=C(CCc1ncc(-c2ccc(Cl)cc2)o1)NC1CC(C(=O)O)C1. The Kier molecular flexibility index (Phi) is 4.85. The molecule has 3 rings (SSSR count). The molecule has 0 aliphatic heterocycles. The Labute approximate surface area is 143 Å². The predicted molar refractivity (Wildman–Crippen MR) is 87.6 cm³/mol. The van der Waals surface area contributed by atoms with Crippen LogP contribution in [0.3, 0.4) is 0 Å². The van der Waals surface area contributed by atoms with Gasteiger partial charge in [-0.1, -0.05) is 11.6 Å². The van der Waals surface area contributed by atoms with Crippen LogP contribution in [-0.4, -0.2) is 28.0 Å². The number of oxazole rings is 1. The summed E-state index contributed by atoms with van der Waals surface area (Å²) in [4.78, 5) is 26.8. The van der Waals surface area contributed by atoms with Gasteiger partial charge in [-0.2, -0.15) is 0 Å². The van der Waals surface area contributed by atoms with Crippen LogP contribution in [0.4, 0.5) is 0 Å². The van der Waals surface area contributed by atoms with E-state index in [1.165, 1.54) is 0 Å². The molecule has 2 aromatic rings. The quantitative estimate of drug-likeness (QED) is 0.837. The van der Waals surface area contributed by atoms with Gasteiger partial charge < -0.3 is 14.8 Å². The van der Waals surface area contributed by atoms with Gasteiger partial charge in [-0.05, 0) is 37.1 Å². The molecule has 7 heteroatoms. The standard InChI is InChI=1S/C17H17ClN2O4/c18-12-3-1-10(2-4-12)14-9-19-16(24-14)6-5-15(21)20-13-7-11(8-13)17(22)23/h1-4,9,11,13H,5-8H2,(H,20,21)(H,22,23). The molecule has 24 heavy (non-hydrogen) atoms. The van der Waals surface area contributed by atoms with E-state index in [1.54, 1.807) is 18.3 Å². The van der Waals surface area contributed by atoms with Gasteiger partial charge in [-0.3, -0.25) is 9.59 Å². The minimum atomic E-state index is -0.796. The predicted octanol–water partition coefficient (Wildman–Crippen LogP) is 2.91. The van der Waals surface area contributed by atoms with Crippen LogP contribution in [-0.2, 0) is 16.0 Å². The van der Waals surface area contributed by atoms with E-state index in [9.17, 15) is 9.59 Å². The Bertz CT molecular complexity index is 735. The Morgan fingerprint density at radius 1 is 1.29 bits per heavy atom. The Hall–Kier alpha value is -2.34. The number of aryl methyl sites for hydroxylation is 1. The van der Waals surface area contributed by atoms with Crippen molar-refractivity contribution < 1.29 is 19.1 Å². The van der Waals surface area contributed by atoms with Crippen LogP contribution in [0.5, 0.6) is 0 Å². The van der Waals surface area contributed by atoms with E-state index in [-0.39, 0.29) is 24.3 Å². The highest BCUT2D eigenvalue weighted by Crippen LogP contribution is 2.27. The van der Waals surface area contributed by atoms with Crippen molar-refractivity contribution in [2.75, 3.05) is 0 Å². The second-order valence-corrected chi connectivity index (χ2v) is 6.33. The number of carbonyl (C=O) groups excluding carboxylic acids is 1. The first-order valence-corrected chi connectivity index (χ1v) is 8.12. The third kappa shape index (κ3) is 3.94. The Balaban J connectivity index is 1.46. The van der Waals surface area contributed by atoms with Gasteiger partial charge in [0.1, 0.15) is 0 Å². The van der Waals surface area contributed by atoms with Crippen LogP contribution in [0.25, 0.3) is 11.3 Å². The highest BCUT2D eigenvalue weighted by Gasteiger charge is 2.35. The van der Waals surface area contributed by atoms with E-state index < -0.39 is 5.97 Å². The summed E-state index contributed by atoms with van der Waals surface area (Å²) in [6.45, 7) is 0. The molecule has 1 amide bonds. The molecule has 1 aromatic heterocycles. The summed E-state index contributed by atoms with van der Waals surface area (Å²) in [6, 6.07) is 7.20. The van der Waals surface area contributed by atoms with Crippen LogP contribution in [0, 0.1) is 5.92 Å². The Morgan fingerprint density at radius 2 is 2.00 bits per heavy atom. The molecule has 2 N–H and O–H groups in total. The van der Waals surface area contributed by atoms with E-state index in [2.05, 4.69) is 10.3 Å². The van der Waals surface area contributed by atoms with E-state index in [0.29, 0.717) is 35.9 Å². The molecule has 1 fully saturated rings. The first kappa shape index (κ1) is 16.5. The number of carboxylic acid groups (broad SMARTS) is 1. The Morgan fingerprint density at radius 3 is 2.67 bits per heavy atom. The summed E-state index contributed by atoms with van der Waals surface area (Å²) < 4.78 is 5.64. The van der Waals surface area contributed by atoms with Crippen LogP contribution in [0.15, 0.2) is 34.9 Å². The number of halogens is 1. The topological polar surface area (TPSA) is 92.4 Å². The van der Waals surface area contributed by atoms with Crippen molar-refractivity contribution in [3.63, 3.8) is 0 Å². The maximum atomic E-state index is 11.9. The largest absolute Gasteiger partial charge is 0.481 e. The first-order valence-electron chi connectivity index (χ1n) is 7.74. The van der Waals surface area contributed by atoms with Gasteiger partial charge in [0.2, 0.25) is 5.91 Å². The molecule has 0 radical (unpaired) electrons. The number of nitrogens with one attached hydrogen (secondary N) is 1. The van der Waals surface area contributed by atoms with Crippen molar-refractivity contribution in [3.05, 3.63) is 41.4 Å². The monoisotopic (exact) mass is 348 g/mol. The van der Waals surface area contributed by atoms with Crippen molar-refractivity contribution in [2.45, 2.75) is 31.7 Å². The lowest BCUT2D eigenvalue weighted by atomic mass is 9.80. The molecule has 1 heterocycles. The minimum absolute atomic E-state index is 0.0345. The fourth-order valence-electron chi connectivity index (χ4n) is 2.63. The van der Waals surface area contributed by atoms with Crippen LogP contribution in [0.1, 0.15) is 25.2 Å². The summed E-state index contributed by atoms with van der Waals surface area (Å²) in [6.07, 6.45) is 3.28. The van der Waals surface area contributed by atoms with Crippen LogP contribution >= 0.6 is 11.6 Å². The number of hydrogen-bond acceptors (Lipinski definition) is 4. The molecule has 6 nitrogen and oxygen atoms in total. The second-order valence-electron chi connectivity index (χ2n) is 5.90. The summed E-state index contributed by atoms with van der Waals surface area (Å²) in [7, 11) is 0. The molecule has 0 bridgehead atoms. The van der Waals surface area contributed by atoms with Crippen molar-refractivity contribution in [1.29, 1.82) is 0 Å². The number of nitrogens with zero attached hydrogens (tertiary/aromatic N) is 1. The molecule has 0 atom stereocenters. The lowest BCUT2D eigenvalue weighted by Gasteiger charge is -2.32. The number of hydrogen-bond donors (Lipinski definition) is 2. The summed E-state index contributed by atoms with van der Waals surface area (Å²) in [5.41, 5.74) is 0.872. The highest BCUT2D eigenvalue weighted by molar-refractivity contribution is 6.30. The third-order valence-electron chi connectivity index (χ3n) is 4.10. The molecule has 126 valence electrons. The van der Waals surface area contributed by atoms with E-state index in [0.717, 1.165) is 5.56 Å². The molecule has 1 aliphatic rings. The number of rotatable bonds is 6. The number of aliphatic carboxylic acids is 1. The molecule has 0 unspecified atom stereocenters. The maximum absolute atomic E-state index is 11.9. The number of aromatic nitrogens is 1. The van der Waals surface area contributed by atoms with Crippen LogP contribution in [0.2, 0.25) is 5.02 Å². The van der Waals surface area contributed by atoms with Gasteiger partial charge in [-0.15, -0.1) is 0 Å². The fourth-order valence-corrected chi connectivity index (χ4v) is 2.76. The van der Waals surface area contributed by atoms with Gasteiger partial charge >= 0.3 is 5.97 Å². The summed E-state index contributed by atoms with van der Waals surface area (Å²) in [5, 5.41) is 12.3. The van der Waals surface area contributed by atoms with Gasteiger partial charge in [0.05, 0.1) is 12.1 Å². The highest BCUT2D eigenvalue weighted by atomic mass is 35.5. The van der Waals surface area contributed by atoms with Crippen molar-refractivity contribution in [1.82, 2.24) is 10.3 Å². The summed E-state index contributed by atoms with van der Waals surface area (Å²) in [5.74, 6) is -0.119. The zero-order chi connectivity index (χ0) is 17.1. The second kappa shape index (κ2) is 7.05. The van der Waals surface area contributed by atoms with E-state index >= 15 is 0 Å². The number of amides is 1. The lowest BCUT2D eigenvalue weighted by molar-refractivity contribution is -0.146. The molecule has 0 spiro atoms. The number of benzene rings is 1. The average Bonchev–Trinajstić information content (AvgIpc) is 2.97. The third-order valence-corrected chi connectivity index (χ3v) is 4.35. The molecule has 1 saturated carbocycles. The number of carbonyl (C=O) groups is 2. The smallest absolute Gasteiger partial charge is 0.306 e. The molecular formula is C17H17ClN2O4. The minimum Gasteiger partial charge on any atom is -0.481 e. The van der Waals surface area contributed by atoms with Crippen LogP contribution < -0.4 is 5.32 Å². The van der Waals surface area contributed by atoms with Gasteiger partial charge in [0.15, 0.2) is 11.7 Å². The lowest BCUT2D eigenvalue weighted by Crippen LogP contribution is -2.46. The molecule has 1 aromatic carbocycles. The molecular weight excluding hydrogens is 332 g/mol. The fraction of sp³-hybridized carbons (Fsp3) is 0.353. The normalized spacial score (nSPS) is 19.5. The van der Waals surface area contributed by atoms with Crippen molar-refractivity contribution in [2.24, 2.45) is 5.92 Å². The van der Waals surface area contributed by atoms with Crippen molar-refractivity contribution >= 4 is 23.5 Å². The average molecular weight is 349 g/mol. The van der Waals surface area contributed by atoms with E-state index in [4.69, 9.17) is 21.1 Å². The molecule has 0 saturated heterocycles.